The lowest BCUT2D eigenvalue weighted by atomic mass is 10.1. The number of ether oxygens (including phenoxy) is 1. The van der Waals surface area contributed by atoms with Crippen LogP contribution in [0.3, 0.4) is 0 Å². The number of carbonyl (C=O) groups is 1. The van der Waals surface area contributed by atoms with Crippen molar-refractivity contribution in [3.63, 3.8) is 0 Å². The van der Waals surface area contributed by atoms with Gasteiger partial charge in [-0.3, -0.25) is 4.79 Å². The molecule has 0 spiro atoms. The minimum absolute atomic E-state index is 0.0857. The molecule has 0 heterocycles. The van der Waals surface area contributed by atoms with E-state index in [1.54, 1.807) is 0 Å². The van der Waals surface area contributed by atoms with Gasteiger partial charge in [0.05, 0.1) is 19.6 Å². The zero-order valence-corrected chi connectivity index (χ0v) is 9.49. The molecule has 0 aliphatic heterocycles. The fraction of sp³-hybridized carbons (Fsp3) is 0.900. The van der Waals surface area contributed by atoms with E-state index in [4.69, 9.17) is 0 Å². The molecule has 0 saturated carbocycles. The lowest BCUT2D eigenvalue weighted by Gasteiger charge is -2.22. The maximum atomic E-state index is 10.8. The highest BCUT2D eigenvalue weighted by Crippen LogP contribution is 2.02. The van der Waals surface area contributed by atoms with Crippen LogP contribution in [0.5, 0.6) is 0 Å². The van der Waals surface area contributed by atoms with Crippen molar-refractivity contribution in [2.45, 2.75) is 38.8 Å². The van der Waals surface area contributed by atoms with Gasteiger partial charge in [-0.1, -0.05) is 0 Å². The quantitative estimate of drug-likeness (QED) is 0.644. The van der Waals surface area contributed by atoms with Crippen molar-refractivity contribution in [1.29, 1.82) is 0 Å². The third-order valence-electron chi connectivity index (χ3n) is 2.33. The average molecular weight is 203 g/mol. The Morgan fingerprint density at radius 2 is 2.07 bits per heavy atom. The highest BCUT2D eigenvalue weighted by Gasteiger charge is 2.12. The Kier molecular flexibility index (Phi) is 6.49. The molecule has 0 aliphatic rings. The Hall–Kier alpha value is -0.610. The van der Waals surface area contributed by atoms with Crippen LogP contribution in [0.15, 0.2) is 0 Å². The van der Waals surface area contributed by atoms with Crippen LogP contribution in [0.4, 0.5) is 0 Å². The Labute approximate surface area is 85.9 Å². The molecule has 0 fully saturated rings. The largest absolute Gasteiger partial charge is 0.469 e. The minimum atomic E-state index is -0.594. The first kappa shape index (κ1) is 13.4. The number of esters is 1. The molecule has 84 valence electrons. The van der Waals surface area contributed by atoms with Gasteiger partial charge in [0.2, 0.25) is 0 Å². The zero-order valence-electron chi connectivity index (χ0n) is 9.49. The summed E-state index contributed by atoms with van der Waals surface area (Å²) in [4.78, 5) is 12.9. The Morgan fingerprint density at radius 1 is 1.50 bits per heavy atom. The van der Waals surface area contributed by atoms with Crippen molar-refractivity contribution < 1.29 is 14.6 Å². The summed E-state index contributed by atoms with van der Waals surface area (Å²) in [5.41, 5.74) is 0. The smallest absolute Gasteiger partial charge is 0.308 e. The van der Waals surface area contributed by atoms with Crippen LogP contribution in [0, 0.1) is 0 Å². The molecule has 1 atom stereocenters. The molecule has 0 aromatic carbocycles. The molecule has 0 rings (SSSR count). The number of aliphatic hydroxyl groups excluding tert-OH is 1. The van der Waals surface area contributed by atoms with E-state index in [0.717, 1.165) is 6.54 Å². The third-order valence-corrected chi connectivity index (χ3v) is 2.33. The van der Waals surface area contributed by atoms with E-state index in [0.29, 0.717) is 12.5 Å². The first-order valence-corrected chi connectivity index (χ1v) is 4.92. The maximum absolute atomic E-state index is 10.8. The second-order valence-electron chi connectivity index (χ2n) is 3.80. The van der Waals surface area contributed by atoms with Crippen LogP contribution >= 0.6 is 0 Å². The summed E-state index contributed by atoms with van der Waals surface area (Å²) >= 11 is 0. The van der Waals surface area contributed by atoms with Crippen molar-refractivity contribution in [1.82, 2.24) is 4.90 Å². The van der Waals surface area contributed by atoms with Gasteiger partial charge in [-0.2, -0.15) is 0 Å². The Morgan fingerprint density at radius 3 is 2.50 bits per heavy atom. The summed E-state index contributed by atoms with van der Waals surface area (Å²) in [5, 5.41) is 9.45. The van der Waals surface area contributed by atoms with Crippen LogP contribution in [0.1, 0.15) is 26.7 Å². The molecule has 14 heavy (non-hydrogen) atoms. The maximum Gasteiger partial charge on any atom is 0.308 e. The summed E-state index contributed by atoms with van der Waals surface area (Å²) in [6.07, 6.45) is 0.0929. The number of nitrogens with zero attached hydrogens (tertiary/aromatic N) is 1. The second-order valence-corrected chi connectivity index (χ2v) is 3.80. The van der Waals surface area contributed by atoms with E-state index in [1.807, 2.05) is 7.05 Å². The molecule has 0 aromatic heterocycles. The molecule has 4 heteroatoms. The molecule has 0 saturated heterocycles. The van der Waals surface area contributed by atoms with Gasteiger partial charge < -0.3 is 14.7 Å². The number of methoxy groups -OCH3 is 1. The van der Waals surface area contributed by atoms with Crippen molar-refractivity contribution >= 4 is 5.97 Å². The fourth-order valence-corrected chi connectivity index (χ4v) is 0.989. The molecule has 0 aromatic rings. The first-order valence-electron chi connectivity index (χ1n) is 4.92. The molecular weight excluding hydrogens is 182 g/mol. The van der Waals surface area contributed by atoms with E-state index in [2.05, 4.69) is 23.5 Å². The van der Waals surface area contributed by atoms with Crippen LogP contribution < -0.4 is 0 Å². The lowest BCUT2D eigenvalue weighted by molar-refractivity contribution is -0.142. The predicted octanol–water partition coefficient (Wildman–Crippen LogP) is 0.641. The number of rotatable bonds is 6. The minimum Gasteiger partial charge on any atom is -0.469 e. The number of carbonyl (C=O) groups excluding carboxylic acids is 1. The molecule has 1 N–H and O–H groups in total. The van der Waals surface area contributed by atoms with Crippen molar-refractivity contribution in [2.24, 2.45) is 0 Å². The van der Waals surface area contributed by atoms with Crippen molar-refractivity contribution in [3.05, 3.63) is 0 Å². The van der Waals surface area contributed by atoms with Gasteiger partial charge in [-0.25, -0.2) is 0 Å². The van der Waals surface area contributed by atoms with Gasteiger partial charge in [0, 0.05) is 12.6 Å². The summed E-state index contributed by atoms with van der Waals surface area (Å²) in [5.74, 6) is -0.357. The monoisotopic (exact) mass is 203 g/mol. The topological polar surface area (TPSA) is 49.8 Å². The van der Waals surface area contributed by atoms with Gasteiger partial charge >= 0.3 is 5.97 Å². The molecule has 1 unspecified atom stereocenters. The second kappa shape index (κ2) is 6.79. The SMILES string of the molecule is COC(=O)CC(O)CCN(C)C(C)C. The van der Waals surface area contributed by atoms with Crippen molar-refractivity contribution in [2.75, 3.05) is 20.7 Å². The molecular formula is C10H21NO3. The van der Waals surface area contributed by atoms with Crippen LogP contribution in [0.2, 0.25) is 0 Å². The Balaban J connectivity index is 3.63. The summed E-state index contributed by atoms with van der Waals surface area (Å²) in [6, 6.07) is 0.459. The summed E-state index contributed by atoms with van der Waals surface area (Å²) in [6.45, 7) is 4.97. The summed E-state index contributed by atoms with van der Waals surface area (Å²) in [7, 11) is 3.32. The molecule has 0 amide bonds. The van der Waals surface area contributed by atoms with Crippen LogP contribution in [0.25, 0.3) is 0 Å². The van der Waals surface area contributed by atoms with E-state index < -0.39 is 6.10 Å². The van der Waals surface area contributed by atoms with Gasteiger partial charge in [-0.15, -0.1) is 0 Å². The highest BCUT2D eigenvalue weighted by molar-refractivity contribution is 5.69. The number of hydrogen-bond acceptors (Lipinski definition) is 4. The number of hydrogen-bond donors (Lipinski definition) is 1. The standard InChI is InChI=1S/C10H21NO3/c1-8(2)11(3)6-5-9(12)7-10(13)14-4/h8-9,12H,5-7H2,1-4H3. The van der Waals surface area contributed by atoms with Crippen LogP contribution in [-0.2, 0) is 9.53 Å². The predicted molar refractivity (Wildman–Crippen MR) is 55.0 cm³/mol. The number of aliphatic hydroxyl groups is 1. The lowest BCUT2D eigenvalue weighted by Crippen LogP contribution is -2.30. The zero-order chi connectivity index (χ0) is 11.1. The van der Waals surface area contributed by atoms with Crippen molar-refractivity contribution in [3.8, 4) is 0 Å². The summed E-state index contributed by atoms with van der Waals surface area (Å²) < 4.78 is 4.46. The van der Waals surface area contributed by atoms with E-state index in [1.165, 1.54) is 7.11 Å². The van der Waals surface area contributed by atoms with Crippen LogP contribution in [-0.4, -0.2) is 48.8 Å². The fourth-order valence-electron chi connectivity index (χ4n) is 0.989. The molecule has 0 radical (unpaired) electrons. The third kappa shape index (κ3) is 5.94. The normalized spacial score (nSPS) is 13.4. The van der Waals surface area contributed by atoms with Gasteiger partial charge in [0.15, 0.2) is 0 Å². The average Bonchev–Trinajstić information content (AvgIpc) is 2.13. The Bertz CT molecular complexity index is 171. The van der Waals surface area contributed by atoms with E-state index in [-0.39, 0.29) is 12.4 Å². The van der Waals surface area contributed by atoms with E-state index >= 15 is 0 Å². The van der Waals surface area contributed by atoms with E-state index in [9.17, 15) is 9.90 Å². The molecule has 0 aliphatic carbocycles. The van der Waals surface area contributed by atoms with Gasteiger partial charge in [-0.05, 0) is 27.3 Å². The molecule has 4 nitrogen and oxygen atoms in total. The van der Waals surface area contributed by atoms with Gasteiger partial charge in [0.25, 0.3) is 0 Å². The first-order chi connectivity index (χ1) is 6.47. The van der Waals surface area contributed by atoms with Gasteiger partial charge in [0.1, 0.15) is 0 Å². The molecule has 0 bridgehead atoms. The highest BCUT2D eigenvalue weighted by atomic mass is 16.5.